The summed E-state index contributed by atoms with van der Waals surface area (Å²) in [4.78, 5) is 25.7. The first-order chi connectivity index (χ1) is 13.4. The van der Waals surface area contributed by atoms with Crippen LogP contribution in [0.5, 0.6) is 11.5 Å². The quantitative estimate of drug-likeness (QED) is 0.701. The number of methoxy groups -OCH3 is 2. The molecular formula is C20H20ClN3O4. The first-order valence-electron chi connectivity index (χ1n) is 8.61. The highest BCUT2D eigenvalue weighted by Gasteiger charge is 2.20. The fraction of sp³-hybridized carbons (Fsp3) is 0.250. The molecule has 0 saturated heterocycles. The molecule has 0 saturated carbocycles. The maximum atomic E-state index is 13.0. The third-order valence-corrected chi connectivity index (χ3v) is 4.55. The fourth-order valence-corrected chi connectivity index (χ4v) is 3.09. The van der Waals surface area contributed by atoms with E-state index in [0.717, 1.165) is 0 Å². The van der Waals surface area contributed by atoms with Gasteiger partial charge in [-0.05, 0) is 19.9 Å². The zero-order chi connectivity index (χ0) is 20.4. The van der Waals surface area contributed by atoms with Gasteiger partial charge in [0.2, 0.25) is 0 Å². The van der Waals surface area contributed by atoms with Crippen molar-refractivity contribution < 1.29 is 14.3 Å². The second-order valence-electron chi connectivity index (χ2n) is 6.38. The maximum Gasteiger partial charge on any atom is 0.276 e. The zero-order valence-corrected chi connectivity index (χ0v) is 16.7. The Morgan fingerprint density at radius 3 is 2.36 bits per heavy atom. The predicted molar refractivity (Wildman–Crippen MR) is 109 cm³/mol. The highest BCUT2D eigenvalue weighted by atomic mass is 35.5. The van der Waals surface area contributed by atoms with E-state index in [0.29, 0.717) is 33.0 Å². The van der Waals surface area contributed by atoms with Crippen LogP contribution >= 0.6 is 11.6 Å². The summed E-state index contributed by atoms with van der Waals surface area (Å²) in [5.41, 5.74) is 0.273. The van der Waals surface area contributed by atoms with Crippen LogP contribution in [0.3, 0.4) is 0 Å². The van der Waals surface area contributed by atoms with Gasteiger partial charge in [0.15, 0.2) is 5.69 Å². The Hall–Kier alpha value is -3.06. The van der Waals surface area contributed by atoms with Crippen LogP contribution in [0, 0.1) is 0 Å². The summed E-state index contributed by atoms with van der Waals surface area (Å²) in [5, 5.41) is 8.34. The molecule has 3 aromatic rings. The molecule has 1 heterocycles. The highest BCUT2D eigenvalue weighted by Crippen LogP contribution is 2.36. The molecule has 1 amide bonds. The Morgan fingerprint density at radius 1 is 1.11 bits per heavy atom. The third kappa shape index (κ3) is 3.53. The molecule has 1 N–H and O–H groups in total. The number of aromatic nitrogens is 2. The van der Waals surface area contributed by atoms with Crippen LogP contribution in [0.15, 0.2) is 41.2 Å². The van der Waals surface area contributed by atoms with E-state index < -0.39 is 5.91 Å². The topological polar surface area (TPSA) is 82.5 Å². The Labute approximate surface area is 166 Å². The Kier molecular flexibility index (Phi) is 5.56. The summed E-state index contributed by atoms with van der Waals surface area (Å²) >= 11 is 6.12. The van der Waals surface area contributed by atoms with E-state index in [1.54, 1.807) is 36.4 Å². The molecule has 0 aliphatic heterocycles. The normalized spacial score (nSPS) is 10.9. The average Bonchev–Trinajstić information content (AvgIpc) is 2.69. The molecule has 0 atom stereocenters. The molecular weight excluding hydrogens is 382 g/mol. The highest BCUT2D eigenvalue weighted by molar-refractivity contribution is 6.32. The SMILES string of the molecule is COc1cc(NC(=O)c2nn(C(C)C)c(=O)c3ccccc23)c(OC)cc1Cl. The smallest absolute Gasteiger partial charge is 0.276 e. The number of nitrogens with zero attached hydrogens (tertiary/aromatic N) is 2. The van der Waals surface area contributed by atoms with E-state index in [1.807, 2.05) is 13.8 Å². The number of rotatable bonds is 5. The largest absolute Gasteiger partial charge is 0.495 e. The number of fused-ring (bicyclic) bond motifs is 1. The van der Waals surface area contributed by atoms with Gasteiger partial charge in [-0.15, -0.1) is 0 Å². The van der Waals surface area contributed by atoms with Crippen molar-refractivity contribution in [3.63, 3.8) is 0 Å². The number of halogens is 1. The number of anilines is 1. The number of carbonyl (C=O) groups is 1. The van der Waals surface area contributed by atoms with Gasteiger partial charge in [-0.1, -0.05) is 29.8 Å². The van der Waals surface area contributed by atoms with E-state index >= 15 is 0 Å². The van der Waals surface area contributed by atoms with Crippen molar-refractivity contribution in [3.8, 4) is 11.5 Å². The number of hydrogen-bond acceptors (Lipinski definition) is 5. The number of ether oxygens (including phenoxy) is 2. The van der Waals surface area contributed by atoms with Crippen LogP contribution in [0.2, 0.25) is 5.02 Å². The Bertz CT molecular complexity index is 1110. The minimum atomic E-state index is -0.478. The average molecular weight is 402 g/mol. The van der Waals surface area contributed by atoms with Gasteiger partial charge in [0.05, 0.1) is 36.4 Å². The lowest BCUT2D eigenvalue weighted by molar-refractivity contribution is 0.102. The van der Waals surface area contributed by atoms with Gasteiger partial charge in [0.1, 0.15) is 11.5 Å². The minimum Gasteiger partial charge on any atom is -0.495 e. The van der Waals surface area contributed by atoms with E-state index in [9.17, 15) is 9.59 Å². The summed E-state index contributed by atoms with van der Waals surface area (Å²) < 4.78 is 11.8. The maximum absolute atomic E-state index is 13.0. The van der Waals surface area contributed by atoms with Crippen molar-refractivity contribution in [2.24, 2.45) is 0 Å². The van der Waals surface area contributed by atoms with E-state index in [-0.39, 0.29) is 17.3 Å². The van der Waals surface area contributed by atoms with Crippen molar-refractivity contribution in [2.45, 2.75) is 19.9 Å². The van der Waals surface area contributed by atoms with Gasteiger partial charge in [-0.3, -0.25) is 9.59 Å². The number of hydrogen-bond donors (Lipinski definition) is 1. The summed E-state index contributed by atoms with van der Waals surface area (Å²) in [6, 6.07) is 9.81. The van der Waals surface area contributed by atoms with Crippen LogP contribution in [0.25, 0.3) is 10.8 Å². The van der Waals surface area contributed by atoms with Gasteiger partial charge >= 0.3 is 0 Å². The number of amides is 1. The van der Waals surface area contributed by atoms with Gasteiger partial charge in [0, 0.05) is 17.5 Å². The molecule has 146 valence electrons. The number of nitrogens with one attached hydrogen (secondary N) is 1. The molecule has 0 aliphatic carbocycles. The van der Waals surface area contributed by atoms with Crippen LogP contribution in [0.1, 0.15) is 30.4 Å². The second kappa shape index (κ2) is 7.90. The van der Waals surface area contributed by atoms with Crippen LogP contribution < -0.4 is 20.3 Å². The van der Waals surface area contributed by atoms with Gasteiger partial charge in [-0.2, -0.15) is 5.10 Å². The zero-order valence-electron chi connectivity index (χ0n) is 15.9. The van der Waals surface area contributed by atoms with Crippen LogP contribution in [0.4, 0.5) is 5.69 Å². The van der Waals surface area contributed by atoms with Crippen LogP contribution in [-0.2, 0) is 0 Å². The van der Waals surface area contributed by atoms with E-state index in [2.05, 4.69) is 10.4 Å². The first-order valence-corrected chi connectivity index (χ1v) is 8.99. The molecule has 7 nitrogen and oxygen atoms in total. The molecule has 0 bridgehead atoms. The minimum absolute atomic E-state index is 0.139. The van der Waals surface area contributed by atoms with Gasteiger partial charge in [0.25, 0.3) is 11.5 Å². The lowest BCUT2D eigenvalue weighted by Gasteiger charge is -2.15. The van der Waals surface area contributed by atoms with E-state index in [1.165, 1.54) is 18.9 Å². The monoisotopic (exact) mass is 401 g/mol. The lowest BCUT2D eigenvalue weighted by atomic mass is 10.1. The van der Waals surface area contributed by atoms with Crippen molar-refractivity contribution in [1.82, 2.24) is 9.78 Å². The first kappa shape index (κ1) is 19.7. The summed E-state index contributed by atoms with van der Waals surface area (Å²) in [6.45, 7) is 3.66. The number of carbonyl (C=O) groups excluding carboxylic acids is 1. The molecule has 0 unspecified atom stereocenters. The van der Waals surface area contributed by atoms with Crippen LogP contribution in [-0.4, -0.2) is 29.9 Å². The standard InChI is InChI=1S/C20H20ClN3O4/c1-11(2)24-20(26)13-8-6-5-7-12(13)18(23-24)19(25)22-15-10-16(27-3)14(21)9-17(15)28-4/h5-11H,1-4H3,(H,22,25). The molecule has 0 spiro atoms. The summed E-state index contributed by atoms with van der Waals surface area (Å²) in [7, 11) is 2.95. The van der Waals surface area contributed by atoms with Crippen molar-refractivity contribution in [2.75, 3.05) is 19.5 Å². The lowest BCUT2D eigenvalue weighted by Crippen LogP contribution is -2.29. The molecule has 0 radical (unpaired) electrons. The predicted octanol–water partition coefficient (Wildman–Crippen LogP) is 3.90. The van der Waals surface area contributed by atoms with Gasteiger partial charge < -0.3 is 14.8 Å². The molecule has 0 aliphatic rings. The molecule has 28 heavy (non-hydrogen) atoms. The fourth-order valence-electron chi connectivity index (χ4n) is 2.86. The van der Waals surface area contributed by atoms with E-state index in [4.69, 9.17) is 21.1 Å². The molecule has 1 aromatic heterocycles. The summed E-state index contributed by atoms with van der Waals surface area (Å²) in [6.07, 6.45) is 0. The Morgan fingerprint density at radius 2 is 1.75 bits per heavy atom. The van der Waals surface area contributed by atoms with Crippen molar-refractivity contribution in [3.05, 3.63) is 57.5 Å². The number of benzene rings is 2. The van der Waals surface area contributed by atoms with Crippen molar-refractivity contribution in [1.29, 1.82) is 0 Å². The molecule has 8 heteroatoms. The molecule has 3 rings (SSSR count). The van der Waals surface area contributed by atoms with Crippen molar-refractivity contribution >= 4 is 34.0 Å². The Balaban J connectivity index is 2.13. The summed E-state index contributed by atoms with van der Waals surface area (Å²) in [5.74, 6) is 0.289. The molecule has 0 fully saturated rings. The third-order valence-electron chi connectivity index (χ3n) is 4.25. The second-order valence-corrected chi connectivity index (χ2v) is 6.79. The molecule has 2 aromatic carbocycles. The van der Waals surface area contributed by atoms with Gasteiger partial charge in [-0.25, -0.2) is 4.68 Å².